The molecule has 1 amide bonds. The number of amides is 1. The summed E-state index contributed by atoms with van der Waals surface area (Å²) in [5.74, 6) is -0.715. The maximum Gasteiger partial charge on any atom is 0.218 e. The van der Waals surface area contributed by atoms with Gasteiger partial charge in [0.2, 0.25) is 5.91 Å². The summed E-state index contributed by atoms with van der Waals surface area (Å²) in [7, 11) is 1.39. The average Bonchev–Trinajstić information content (AvgIpc) is 2.15. The van der Waals surface area contributed by atoms with Crippen LogP contribution in [0.25, 0.3) is 0 Å². The summed E-state index contributed by atoms with van der Waals surface area (Å²) < 4.78 is 17.9. The van der Waals surface area contributed by atoms with Crippen LogP contribution in [0.5, 0.6) is 5.75 Å². The Balaban J connectivity index is 2.71. The fraction of sp³-hybridized carbons (Fsp3) is 0.200. The highest BCUT2D eigenvalue weighted by Gasteiger charge is 2.04. The number of halogens is 1. The molecule has 0 heterocycles. The summed E-state index contributed by atoms with van der Waals surface area (Å²) in [6, 6.07) is 4.45. The van der Waals surface area contributed by atoms with E-state index in [1.54, 1.807) is 12.5 Å². The van der Waals surface area contributed by atoms with Crippen LogP contribution >= 0.6 is 0 Å². The van der Waals surface area contributed by atoms with E-state index < -0.39 is 11.7 Å². The van der Waals surface area contributed by atoms with E-state index in [0.717, 1.165) is 0 Å². The fourth-order valence-electron chi connectivity index (χ4n) is 1.03. The number of hydrogen-bond donors (Lipinski definition) is 1. The maximum absolute atomic E-state index is 13.1. The number of ether oxygens (including phenoxy) is 1. The molecule has 4 heteroatoms. The molecular weight excluding hydrogens is 185 g/mol. The van der Waals surface area contributed by atoms with Gasteiger partial charge < -0.3 is 10.5 Å². The molecular formula is C10H11FNO2. The molecule has 0 saturated heterocycles. The standard InChI is InChI=1S/C10H11FNO2/c1-14-9-4-2-7(6-8(9)11)3-5-10(12)13/h2-4,6H,5H2,1H3,(H2,12,13). The van der Waals surface area contributed by atoms with Crippen molar-refractivity contribution in [2.75, 3.05) is 7.11 Å². The lowest BCUT2D eigenvalue weighted by atomic mass is 10.1. The van der Waals surface area contributed by atoms with E-state index in [4.69, 9.17) is 10.5 Å². The van der Waals surface area contributed by atoms with Crippen molar-refractivity contribution in [1.29, 1.82) is 0 Å². The van der Waals surface area contributed by atoms with Crippen LogP contribution in [-0.4, -0.2) is 13.0 Å². The molecule has 1 rings (SSSR count). The third-order valence-electron chi connectivity index (χ3n) is 1.71. The van der Waals surface area contributed by atoms with Gasteiger partial charge in [0.05, 0.1) is 7.11 Å². The third-order valence-corrected chi connectivity index (χ3v) is 1.71. The van der Waals surface area contributed by atoms with Gasteiger partial charge >= 0.3 is 0 Å². The van der Waals surface area contributed by atoms with E-state index in [9.17, 15) is 9.18 Å². The van der Waals surface area contributed by atoms with Crippen LogP contribution in [0.1, 0.15) is 12.0 Å². The highest BCUT2D eigenvalue weighted by atomic mass is 19.1. The van der Waals surface area contributed by atoms with Gasteiger partial charge in [-0.2, -0.15) is 0 Å². The van der Waals surface area contributed by atoms with E-state index in [-0.39, 0.29) is 12.2 Å². The monoisotopic (exact) mass is 196 g/mol. The molecule has 1 radical (unpaired) electrons. The van der Waals surface area contributed by atoms with Crippen LogP contribution in [0.4, 0.5) is 4.39 Å². The Morgan fingerprint density at radius 2 is 2.36 bits per heavy atom. The average molecular weight is 196 g/mol. The van der Waals surface area contributed by atoms with Gasteiger partial charge in [-0.15, -0.1) is 0 Å². The molecule has 0 fully saturated rings. The first-order valence-corrected chi connectivity index (χ1v) is 4.08. The summed E-state index contributed by atoms with van der Waals surface area (Å²) >= 11 is 0. The number of carbonyl (C=O) groups excluding carboxylic acids is 1. The minimum atomic E-state index is -0.453. The molecule has 0 spiro atoms. The van der Waals surface area contributed by atoms with Crippen LogP contribution in [0.2, 0.25) is 0 Å². The van der Waals surface area contributed by atoms with Crippen molar-refractivity contribution in [3.8, 4) is 5.75 Å². The van der Waals surface area contributed by atoms with Gasteiger partial charge in [0.25, 0.3) is 0 Å². The first-order valence-electron chi connectivity index (χ1n) is 4.08. The number of carbonyl (C=O) groups is 1. The second kappa shape index (κ2) is 4.60. The number of primary amides is 1. The maximum atomic E-state index is 13.1. The number of methoxy groups -OCH3 is 1. The van der Waals surface area contributed by atoms with Gasteiger partial charge in [0.15, 0.2) is 11.6 Å². The topological polar surface area (TPSA) is 52.3 Å². The van der Waals surface area contributed by atoms with Gasteiger partial charge in [0.1, 0.15) is 0 Å². The van der Waals surface area contributed by atoms with Gasteiger partial charge in [-0.1, -0.05) is 6.07 Å². The second-order valence-electron chi connectivity index (χ2n) is 2.77. The molecule has 0 aliphatic carbocycles. The van der Waals surface area contributed by atoms with E-state index in [2.05, 4.69) is 0 Å². The summed E-state index contributed by atoms with van der Waals surface area (Å²) in [6.45, 7) is 0. The first-order chi connectivity index (χ1) is 6.63. The van der Waals surface area contributed by atoms with Gasteiger partial charge in [-0.3, -0.25) is 4.79 Å². The van der Waals surface area contributed by atoms with Gasteiger partial charge in [-0.25, -0.2) is 4.39 Å². The van der Waals surface area contributed by atoms with Crippen LogP contribution < -0.4 is 10.5 Å². The molecule has 2 N–H and O–H groups in total. The number of nitrogens with two attached hydrogens (primary N) is 1. The molecule has 1 aromatic rings. The number of benzene rings is 1. The molecule has 1 aromatic carbocycles. The SMILES string of the molecule is COc1ccc([CH]CC(N)=O)cc1F. The Morgan fingerprint density at radius 3 is 2.86 bits per heavy atom. The number of rotatable bonds is 4. The minimum Gasteiger partial charge on any atom is -0.494 e. The molecule has 3 nitrogen and oxygen atoms in total. The zero-order valence-electron chi connectivity index (χ0n) is 7.79. The first kappa shape index (κ1) is 10.5. The van der Waals surface area contributed by atoms with Crippen LogP contribution in [0.3, 0.4) is 0 Å². The molecule has 0 bridgehead atoms. The van der Waals surface area contributed by atoms with Crippen LogP contribution in [-0.2, 0) is 4.79 Å². The van der Waals surface area contributed by atoms with Gasteiger partial charge in [-0.05, 0) is 17.7 Å². The minimum absolute atomic E-state index is 0.103. The summed E-state index contributed by atoms with van der Waals surface area (Å²) in [6.07, 6.45) is 1.66. The Morgan fingerprint density at radius 1 is 1.64 bits per heavy atom. The zero-order chi connectivity index (χ0) is 10.6. The van der Waals surface area contributed by atoms with E-state index in [1.807, 2.05) is 0 Å². The molecule has 0 atom stereocenters. The van der Waals surface area contributed by atoms with Gasteiger partial charge in [0, 0.05) is 12.8 Å². The van der Waals surface area contributed by atoms with Crippen molar-refractivity contribution < 1.29 is 13.9 Å². The van der Waals surface area contributed by atoms with Crippen molar-refractivity contribution in [1.82, 2.24) is 0 Å². The predicted molar refractivity (Wildman–Crippen MR) is 50.2 cm³/mol. The van der Waals surface area contributed by atoms with Crippen molar-refractivity contribution in [2.45, 2.75) is 6.42 Å². The quantitative estimate of drug-likeness (QED) is 0.788. The normalized spacial score (nSPS) is 9.86. The Bertz CT molecular complexity index is 339. The second-order valence-corrected chi connectivity index (χ2v) is 2.77. The summed E-state index contributed by atoms with van der Waals surface area (Å²) in [4.78, 5) is 10.5. The largest absolute Gasteiger partial charge is 0.494 e. The molecule has 0 aliphatic rings. The Hall–Kier alpha value is -1.58. The fourth-order valence-corrected chi connectivity index (χ4v) is 1.03. The van der Waals surface area contributed by atoms with E-state index >= 15 is 0 Å². The number of hydrogen-bond acceptors (Lipinski definition) is 2. The van der Waals surface area contributed by atoms with Crippen molar-refractivity contribution >= 4 is 5.91 Å². The van der Waals surface area contributed by atoms with Crippen molar-refractivity contribution in [2.24, 2.45) is 5.73 Å². The van der Waals surface area contributed by atoms with Crippen molar-refractivity contribution in [3.05, 3.63) is 36.0 Å². The molecule has 0 aromatic heterocycles. The lowest BCUT2D eigenvalue weighted by Crippen LogP contribution is -2.10. The Kier molecular flexibility index (Phi) is 3.45. The lowest BCUT2D eigenvalue weighted by molar-refractivity contribution is -0.117. The third kappa shape index (κ3) is 2.73. The van der Waals surface area contributed by atoms with E-state index in [0.29, 0.717) is 5.56 Å². The predicted octanol–water partition coefficient (Wildman–Crippen LogP) is 1.26. The van der Waals surface area contributed by atoms with Crippen LogP contribution in [0.15, 0.2) is 18.2 Å². The highest BCUT2D eigenvalue weighted by Crippen LogP contribution is 2.18. The van der Waals surface area contributed by atoms with Crippen LogP contribution in [0, 0.1) is 12.2 Å². The molecule has 0 aliphatic heterocycles. The zero-order valence-corrected chi connectivity index (χ0v) is 7.79. The summed E-state index contributed by atoms with van der Waals surface area (Å²) in [5.41, 5.74) is 5.56. The highest BCUT2D eigenvalue weighted by molar-refractivity contribution is 5.75. The van der Waals surface area contributed by atoms with E-state index in [1.165, 1.54) is 19.2 Å². The molecule has 0 unspecified atom stereocenters. The smallest absolute Gasteiger partial charge is 0.218 e. The molecule has 14 heavy (non-hydrogen) atoms. The molecule has 0 saturated carbocycles. The van der Waals surface area contributed by atoms with Crippen molar-refractivity contribution in [3.63, 3.8) is 0 Å². The lowest BCUT2D eigenvalue weighted by Gasteiger charge is -2.03. The summed E-state index contributed by atoms with van der Waals surface area (Å²) in [5, 5.41) is 0. The molecule has 75 valence electrons. The Labute approximate surface area is 81.7 Å².